The van der Waals surface area contributed by atoms with Crippen molar-refractivity contribution in [1.29, 1.82) is 0 Å². The van der Waals surface area contributed by atoms with Crippen molar-refractivity contribution in [2.75, 3.05) is 34.1 Å². The van der Waals surface area contributed by atoms with Crippen LogP contribution in [0.1, 0.15) is 5.56 Å². The fourth-order valence-electron chi connectivity index (χ4n) is 2.73. The molecule has 9 nitrogen and oxygen atoms in total. The highest BCUT2D eigenvalue weighted by atomic mass is 32.2. The van der Waals surface area contributed by atoms with Gasteiger partial charge in [0.1, 0.15) is 5.75 Å². The van der Waals surface area contributed by atoms with E-state index >= 15 is 0 Å². The number of aromatic nitrogens is 4. The number of hydrogen-bond donors (Lipinski definition) is 0. The number of carbonyl (C=O) groups excluding carboxylic acids is 1. The van der Waals surface area contributed by atoms with Crippen LogP contribution in [0.4, 0.5) is 0 Å². The summed E-state index contributed by atoms with van der Waals surface area (Å²) >= 11 is 1.28. The minimum absolute atomic E-state index is 0.0425. The first-order valence-corrected chi connectivity index (χ1v) is 10.0. The number of thioether (sulfide) groups is 1. The fourth-order valence-corrected chi connectivity index (χ4v) is 3.56. The van der Waals surface area contributed by atoms with Crippen molar-refractivity contribution >= 4 is 17.7 Å². The van der Waals surface area contributed by atoms with Crippen LogP contribution in [0, 0.1) is 0 Å². The third kappa shape index (κ3) is 5.01. The Kier molecular flexibility index (Phi) is 7.12. The zero-order valence-corrected chi connectivity index (χ0v) is 18.0. The Morgan fingerprint density at radius 2 is 1.77 bits per heavy atom. The van der Waals surface area contributed by atoms with Gasteiger partial charge in [0, 0.05) is 13.6 Å². The summed E-state index contributed by atoms with van der Waals surface area (Å²) in [6, 6.07) is 12.9. The Bertz CT molecular complexity index is 993. The van der Waals surface area contributed by atoms with Crippen LogP contribution < -0.4 is 14.2 Å². The van der Waals surface area contributed by atoms with Crippen LogP contribution in [0.15, 0.2) is 47.6 Å². The number of ether oxygens (including phenoxy) is 3. The SMILES string of the molecule is COc1ccc(-n2nnnc2SCC(=O)N(C)Cc2ccc(OC)c(OC)c2)cc1. The van der Waals surface area contributed by atoms with E-state index in [4.69, 9.17) is 14.2 Å². The number of benzene rings is 2. The molecule has 0 saturated heterocycles. The molecule has 0 spiro atoms. The maximum atomic E-state index is 12.6. The number of hydrogen-bond acceptors (Lipinski definition) is 8. The van der Waals surface area contributed by atoms with Gasteiger partial charge in [-0.25, -0.2) is 0 Å². The molecule has 1 amide bonds. The van der Waals surface area contributed by atoms with E-state index in [-0.39, 0.29) is 11.7 Å². The third-order valence-electron chi connectivity index (χ3n) is 4.38. The number of methoxy groups -OCH3 is 3. The quantitative estimate of drug-likeness (QED) is 0.479. The number of nitrogens with zero attached hydrogens (tertiary/aromatic N) is 5. The van der Waals surface area contributed by atoms with Gasteiger partial charge in [-0.3, -0.25) is 4.79 Å². The fraction of sp³-hybridized carbons (Fsp3) is 0.300. The average Bonchev–Trinajstić information content (AvgIpc) is 3.25. The zero-order valence-electron chi connectivity index (χ0n) is 17.2. The van der Waals surface area contributed by atoms with E-state index in [1.165, 1.54) is 11.8 Å². The summed E-state index contributed by atoms with van der Waals surface area (Å²) in [6.45, 7) is 0.448. The Morgan fingerprint density at radius 3 is 2.43 bits per heavy atom. The number of rotatable bonds is 9. The molecule has 2 aromatic carbocycles. The van der Waals surface area contributed by atoms with Crippen molar-refractivity contribution in [2.45, 2.75) is 11.7 Å². The molecule has 0 aliphatic heterocycles. The highest BCUT2D eigenvalue weighted by Gasteiger charge is 2.15. The van der Waals surface area contributed by atoms with Crippen LogP contribution in [0.2, 0.25) is 0 Å². The van der Waals surface area contributed by atoms with Crippen molar-refractivity contribution in [1.82, 2.24) is 25.1 Å². The Morgan fingerprint density at radius 1 is 1.03 bits per heavy atom. The molecular weight excluding hydrogens is 406 g/mol. The lowest BCUT2D eigenvalue weighted by Crippen LogP contribution is -2.28. The predicted molar refractivity (Wildman–Crippen MR) is 112 cm³/mol. The zero-order chi connectivity index (χ0) is 21.5. The summed E-state index contributed by atoms with van der Waals surface area (Å²) < 4.78 is 17.3. The van der Waals surface area contributed by atoms with Crippen molar-refractivity contribution in [2.24, 2.45) is 0 Å². The van der Waals surface area contributed by atoms with Crippen molar-refractivity contribution < 1.29 is 19.0 Å². The van der Waals surface area contributed by atoms with Crippen molar-refractivity contribution in [3.05, 3.63) is 48.0 Å². The molecule has 1 heterocycles. The highest BCUT2D eigenvalue weighted by Crippen LogP contribution is 2.28. The van der Waals surface area contributed by atoms with E-state index in [1.54, 1.807) is 38.0 Å². The van der Waals surface area contributed by atoms with Crippen LogP contribution in [-0.2, 0) is 11.3 Å². The molecule has 0 fully saturated rings. The molecule has 0 N–H and O–H groups in total. The number of tetrazole rings is 1. The van der Waals surface area contributed by atoms with Crippen LogP contribution in [0.3, 0.4) is 0 Å². The summed E-state index contributed by atoms with van der Waals surface area (Å²) in [5, 5.41) is 12.3. The van der Waals surface area contributed by atoms with Crippen LogP contribution in [-0.4, -0.2) is 65.1 Å². The molecular formula is C20H23N5O4S. The van der Waals surface area contributed by atoms with E-state index in [0.717, 1.165) is 17.0 Å². The minimum atomic E-state index is -0.0425. The van der Waals surface area contributed by atoms with E-state index in [2.05, 4.69) is 15.5 Å². The second kappa shape index (κ2) is 9.97. The lowest BCUT2D eigenvalue weighted by atomic mass is 10.2. The molecule has 0 unspecified atom stereocenters. The first kappa shape index (κ1) is 21.4. The molecule has 158 valence electrons. The van der Waals surface area contributed by atoms with Gasteiger partial charge >= 0.3 is 0 Å². The predicted octanol–water partition coefficient (Wildman–Crippen LogP) is 2.44. The van der Waals surface area contributed by atoms with Crippen LogP contribution >= 0.6 is 11.8 Å². The lowest BCUT2D eigenvalue weighted by molar-refractivity contribution is -0.127. The van der Waals surface area contributed by atoms with Crippen molar-refractivity contribution in [3.8, 4) is 22.9 Å². The highest BCUT2D eigenvalue weighted by molar-refractivity contribution is 7.99. The second-order valence-corrected chi connectivity index (χ2v) is 7.24. The van der Waals surface area contributed by atoms with Gasteiger partial charge in [-0.1, -0.05) is 17.8 Å². The van der Waals surface area contributed by atoms with E-state index in [1.807, 2.05) is 42.5 Å². The Balaban J connectivity index is 1.61. The molecule has 0 radical (unpaired) electrons. The number of amides is 1. The van der Waals surface area contributed by atoms with Gasteiger partial charge in [-0.2, -0.15) is 4.68 Å². The molecule has 0 atom stereocenters. The Hall–Kier alpha value is -3.27. The topological polar surface area (TPSA) is 91.6 Å². The first-order chi connectivity index (χ1) is 14.5. The molecule has 3 rings (SSSR count). The van der Waals surface area contributed by atoms with Gasteiger partial charge in [-0.15, -0.1) is 5.10 Å². The summed E-state index contributed by atoms with van der Waals surface area (Å²) in [7, 11) is 6.54. The molecule has 1 aromatic heterocycles. The molecule has 10 heteroatoms. The molecule has 0 saturated carbocycles. The molecule has 30 heavy (non-hydrogen) atoms. The summed E-state index contributed by atoms with van der Waals surface area (Å²) in [5.74, 6) is 2.19. The van der Waals surface area contributed by atoms with Gasteiger partial charge in [0.05, 0.1) is 32.8 Å². The Labute approximate surface area is 178 Å². The van der Waals surface area contributed by atoms with E-state index < -0.39 is 0 Å². The minimum Gasteiger partial charge on any atom is -0.497 e. The monoisotopic (exact) mass is 429 g/mol. The van der Waals surface area contributed by atoms with E-state index in [0.29, 0.717) is 23.2 Å². The molecule has 0 aliphatic carbocycles. The second-order valence-electron chi connectivity index (χ2n) is 6.30. The van der Waals surface area contributed by atoms with Crippen molar-refractivity contribution in [3.63, 3.8) is 0 Å². The lowest BCUT2D eigenvalue weighted by Gasteiger charge is -2.18. The van der Waals surface area contributed by atoms with Gasteiger partial charge in [0.25, 0.3) is 0 Å². The maximum Gasteiger partial charge on any atom is 0.233 e. The molecule has 0 bridgehead atoms. The standard InChI is InChI=1S/C20H23N5O4S/c1-24(12-14-5-10-17(28-3)18(11-14)29-4)19(26)13-30-20-21-22-23-25(20)15-6-8-16(27-2)9-7-15/h5-11H,12-13H2,1-4H3. The van der Waals surface area contributed by atoms with Crippen LogP contribution in [0.25, 0.3) is 5.69 Å². The van der Waals surface area contributed by atoms with Gasteiger partial charge in [-0.05, 0) is 52.4 Å². The normalized spacial score (nSPS) is 10.5. The number of carbonyl (C=O) groups is 1. The molecule has 3 aromatic rings. The van der Waals surface area contributed by atoms with Gasteiger partial charge in [0.2, 0.25) is 11.1 Å². The van der Waals surface area contributed by atoms with Gasteiger partial charge in [0.15, 0.2) is 11.5 Å². The van der Waals surface area contributed by atoms with Gasteiger partial charge < -0.3 is 19.1 Å². The van der Waals surface area contributed by atoms with Crippen LogP contribution in [0.5, 0.6) is 17.2 Å². The summed E-state index contributed by atoms with van der Waals surface area (Å²) in [5.41, 5.74) is 1.73. The molecule has 0 aliphatic rings. The largest absolute Gasteiger partial charge is 0.497 e. The summed E-state index contributed by atoms with van der Waals surface area (Å²) in [4.78, 5) is 14.3. The van der Waals surface area contributed by atoms with E-state index in [9.17, 15) is 4.79 Å². The summed E-state index contributed by atoms with van der Waals surface area (Å²) in [6.07, 6.45) is 0. The first-order valence-electron chi connectivity index (χ1n) is 9.06. The smallest absolute Gasteiger partial charge is 0.233 e. The average molecular weight is 430 g/mol. The maximum absolute atomic E-state index is 12.6. The third-order valence-corrected chi connectivity index (χ3v) is 5.28.